The van der Waals surface area contributed by atoms with E-state index in [0.29, 0.717) is 23.5 Å². The maximum Gasteiger partial charge on any atom is 0.189 e. The highest BCUT2D eigenvalue weighted by molar-refractivity contribution is 5.78. The molecule has 4 nitrogen and oxygen atoms in total. The van der Waals surface area contributed by atoms with E-state index in [1.165, 1.54) is 6.07 Å². The summed E-state index contributed by atoms with van der Waals surface area (Å²) in [5, 5.41) is 7.12. The van der Waals surface area contributed by atoms with E-state index in [-0.39, 0.29) is 11.2 Å². The Labute approximate surface area is 116 Å². The first-order valence-corrected chi connectivity index (χ1v) is 6.98. The summed E-state index contributed by atoms with van der Waals surface area (Å²) in [6.07, 6.45) is 2.28. The van der Waals surface area contributed by atoms with Crippen LogP contribution in [-0.4, -0.2) is 24.1 Å². The van der Waals surface area contributed by atoms with Crippen molar-refractivity contribution in [2.75, 3.05) is 13.1 Å². The number of nitrogens with one attached hydrogen (secondary N) is 3. The second-order valence-corrected chi connectivity index (χ2v) is 5.25. The van der Waals surface area contributed by atoms with Gasteiger partial charge in [-0.3, -0.25) is 4.79 Å². The minimum Gasteiger partial charge on any atom is -0.355 e. The maximum atomic E-state index is 13.7. The molecule has 5 heteroatoms. The van der Waals surface area contributed by atoms with Gasteiger partial charge in [-0.1, -0.05) is 6.07 Å². The molecule has 2 heterocycles. The van der Waals surface area contributed by atoms with Crippen molar-refractivity contribution in [3.05, 3.63) is 46.0 Å². The number of H-pyrrole nitrogens is 1. The highest BCUT2D eigenvalue weighted by Gasteiger charge is 2.12. The van der Waals surface area contributed by atoms with Gasteiger partial charge < -0.3 is 15.6 Å². The zero-order chi connectivity index (χ0) is 13.9. The Bertz CT molecular complexity index is 662. The topological polar surface area (TPSA) is 56.9 Å². The minimum atomic E-state index is -0.388. The number of pyridine rings is 1. The number of piperidine rings is 1. The Balaban J connectivity index is 1.81. The van der Waals surface area contributed by atoms with Crippen molar-refractivity contribution in [1.29, 1.82) is 0 Å². The number of halogens is 1. The van der Waals surface area contributed by atoms with Gasteiger partial charge in [0.15, 0.2) is 5.43 Å². The van der Waals surface area contributed by atoms with Crippen LogP contribution < -0.4 is 16.1 Å². The molecule has 106 valence electrons. The third-order valence-corrected chi connectivity index (χ3v) is 3.75. The molecule has 1 atom stereocenters. The number of benzene rings is 1. The van der Waals surface area contributed by atoms with Gasteiger partial charge in [0.2, 0.25) is 0 Å². The number of aromatic nitrogens is 1. The van der Waals surface area contributed by atoms with Crippen LogP contribution in [0.25, 0.3) is 10.9 Å². The van der Waals surface area contributed by atoms with E-state index in [4.69, 9.17) is 0 Å². The monoisotopic (exact) mass is 275 g/mol. The lowest BCUT2D eigenvalue weighted by atomic mass is 10.1. The molecule has 0 saturated carbocycles. The fourth-order valence-electron chi connectivity index (χ4n) is 2.66. The van der Waals surface area contributed by atoms with Crippen LogP contribution in [0.15, 0.2) is 29.1 Å². The predicted molar refractivity (Wildman–Crippen MR) is 77.3 cm³/mol. The summed E-state index contributed by atoms with van der Waals surface area (Å²) in [4.78, 5) is 15.0. The summed E-state index contributed by atoms with van der Waals surface area (Å²) in [6, 6.07) is 6.51. The van der Waals surface area contributed by atoms with Crippen molar-refractivity contribution in [3.8, 4) is 0 Å². The highest BCUT2D eigenvalue weighted by Crippen LogP contribution is 2.12. The summed E-state index contributed by atoms with van der Waals surface area (Å²) in [6.45, 7) is 2.55. The zero-order valence-electron chi connectivity index (χ0n) is 11.2. The van der Waals surface area contributed by atoms with E-state index < -0.39 is 0 Å². The van der Waals surface area contributed by atoms with Gasteiger partial charge in [0.25, 0.3) is 0 Å². The van der Waals surface area contributed by atoms with E-state index >= 15 is 0 Å². The van der Waals surface area contributed by atoms with Gasteiger partial charge in [-0.05, 0) is 31.5 Å². The van der Waals surface area contributed by atoms with Crippen molar-refractivity contribution in [2.24, 2.45) is 0 Å². The van der Waals surface area contributed by atoms with Crippen LogP contribution in [0, 0.1) is 5.82 Å². The van der Waals surface area contributed by atoms with Gasteiger partial charge in [0.05, 0.1) is 5.52 Å². The van der Waals surface area contributed by atoms with Gasteiger partial charge in [-0.25, -0.2) is 4.39 Å². The van der Waals surface area contributed by atoms with E-state index in [2.05, 4.69) is 15.6 Å². The third kappa shape index (κ3) is 2.73. The molecule has 3 rings (SSSR count). The molecule has 20 heavy (non-hydrogen) atoms. The van der Waals surface area contributed by atoms with E-state index in [1.54, 1.807) is 18.2 Å². The average molecular weight is 275 g/mol. The Hall–Kier alpha value is -1.72. The molecule has 1 saturated heterocycles. The molecule has 0 aliphatic carbocycles. The fraction of sp³-hybridized carbons (Fsp3) is 0.400. The molecular weight excluding hydrogens is 257 g/mol. The van der Waals surface area contributed by atoms with Crippen LogP contribution in [-0.2, 0) is 6.54 Å². The molecule has 3 N–H and O–H groups in total. The summed E-state index contributed by atoms with van der Waals surface area (Å²) in [5.41, 5.74) is 0.869. The second-order valence-electron chi connectivity index (χ2n) is 5.25. The molecule has 1 aromatic carbocycles. The smallest absolute Gasteiger partial charge is 0.189 e. The Morgan fingerprint density at radius 3 is 3.10 bits per heavy atom. The SMILES string of the molecule is O=c1cc(CN[C@H]2CCCNC2)[nH]c2c(F)cccc12. The molecule has 1 fully saturated rings. The van der Waals surface area contributed by atoms with Crippen LogP contribution in [0.1, 0.15) is 18.5 Å². The summed E-state index contributed by atoms with van der Waals surface area (Å²) < 4.78 is 13.7. The van der Waals surface area contributed by atoms with Crippen molar-refractivity contribution in [2.45, 2.75) is 25.4 Å². The first kappa shape index (κ1) is 13.3. The van der Waals surface area contributed by atoms with Crippen LogP contribution in [0.5, 0.6) is 0 Å². The Morgan fingerprint density at radius 1 is 1.40 bits per heavy atom. The minimum absolute atomic E-state index is 0.142. The van der Waals surface area contributed by atoms with Gasteiger partial charge >= 0.3 is 0 Å². The van der Waals surface area contributed by atoms with Crippen molar-refractivity contribution >= 4 is 10.9 Å². The maximum absolute atomic E-state index is 13.7. The van der Waals surface area contributed by atoms with Crippen molar-refractivity contribution < 1.29 is 4.39 Å². The lowest BCUT2D eigenvalue weighted by molar-refractivity contribution is 0.387. The molecule has 1 aliphatic rings. The normalized spacial score (nSPS) is 19.4. The number of hydrogen-bond donors (Lipinski definition) is 3. The van der Waals surface area contributed by atoms with Crippen molar-refractivity contribution in [3.63, 3.8) is 0 Å². The van der Waals surface area contributed by atoms with Gasteiger partial charge in [-0.15, -0.1) is 0 Å². The van der Waals surface area contributed by atoms with E-state index in [9.17, 15) is 9.18 Å². The summed E-state index contributed by atoms with van der Waals surface area (Å²) in [7, 11) is 0. The predicted octanol–water partition coefficient (Wildman–Crippen LogP) is 1.51. The van der Waals surface area contributed by atoms with Crippen LogP contribution in [0.2, 0.25) is 0 Å². The molecular formula is C15H18FN3O. The zero-order valence-corrected chi connectivity index (χ0v) is 11.2. The Kier molecular flexibility index (Phi) is 3.80. The van der Waals surface area contributed by atoms with E-state index in [0.717, 1.165) is 31.6 Å². The lowest BCUT2D eigenvalue weighted by Gasteiger charge is -2.23. The number of aromatic amines is 1. The van der Waals surface area contributed by atoms with Gasteiger partial charge in [0.1, 0.15) is 5.82 Å². The standard InChI is InChI=1S/C15H18FN3O/c16-13-5-1-4-12-14(20)7-11(19-15(12)13)9-18-10-3-2-6-17-8-10/h1,4-5,7,10,17-18H,2-3,6,8-9H2,(H,19,20)/t10-/m0/s1. The number of hydrogen-bond acceptors (Lipinski definition) is 3. The molecule has 0 unspecified atom stereocenters. The molecule has 2 aromatic rings. The summed E-state index contributed by atoms with van der Waals surface area (Å²) >= 11 is 0. The molecule has 0 radical (unpaired) electrons. The first-order valence-electron chi connectivity index (χ1n) is 6.98. The number of fused-ring (bicyclic) bond motifs is 1. The molecule has 0 amide bonds. The third-order valence-electron chi connectivity index (χ3n) is 3.75. The molecule has 0 spiro atoms. The van der Waals surface area contributed by atoms with Crippen LogP contribution in [0.3, 0.4) is 0 Å². The molecule has 1 aliphatic heterocycles. The van der Waals surface area contributed by atoms with E-state index in [1.807, 2.05) is 0 Å². The van der Waals surface area contributed by atoms with Gasteiger partial charge in [0, 0.05) is 36.3 Å². The number of rotatable bonds is 3. The van der Waals surface area contributed by atoms with Crippen LogP contribution in [0.4, 0.5) is 4.39 Å². The molecule has 0 bridgehead atoms. The quantitative estimate of drug-likeness (QED) is 0.796. The highest BCUT2D eigenvalue weighted by atomic mass is 19.1. The summed E-state index contributed by atoms with van der Waals surface area (Å²) in [5.74, 6) is -0.388. The fourth-order valence-corrected chi connectivity index (χ4v) is 2.66. The molecule has 1 aromatic heterocycles. The van der Waals surface area contributed by atoms with Crippen molar-refractivity contribution in [1.82, 2.24) is 15.6 Å². The second kappa shape index (κ2) is 5.73. The lowest BCUT2D eigenvalue weighted by Crippen LogP contribution is -2.42. The largest absolute Gasteiger partial charge is 0.355 e. The average Bonchev–Trinajstić information content (AvgIpc) is 2.47. The van der Waals surface area contributed by atoms with Gasteiger partial charge in [-0.2, -0.15) is 0 Å². The number of para-hydroxylation sites is 1. The first-order chi connectivity index (χ1) is 9.74. The Morgan fingerprint density at radius 2 is 2.30 bits per heavy atom. The van der Waals surface area contributed by atoms with Crippen LogP contribution >= 0.6 is 0 Å².